The zero-order chi connectivity index (χ0) is 15.2. The van der Waals surface area contributed by atoms with Crippen LogP contribution >= 0.6 is 22.9 Å². The molecule has 4 heteroatoms. The van der Waals surface area contributed by atoms with Crippen molar-refractivity contribution in [2.75, 3.05) is 0 Å². The molecule has 1 unspecified atom stereocenters. The highest BCUT2D eigenvalue weighted by Crippen LogP contribution is 2.24. The van der Waals surface area contributed by atoms with Gasteiger partial charge in [-0.25, -0.2) is 0 Å². The van der Waals surface area contributed by atoms with Crippen LogP contribution in [-0.2, 0) is 6.42 Å². The van der Waals surface area contributed by atoms with Crippen LogP contribution in [0.4, 0.5) is 0 Å². The molecule has 0 saturated carbocycles. The van der Waals surface area contributed by atoms with Gasteiger partial charge in [0.05, 0.1) is 9.21 Å². The van der Waals surface area contributed by atoms with Gasteiger partial charge in [0.1, 0.15) is 5.75 Å². The number of hydrogen-bond donors (Lipinski definition) is 0. The number of hydrogen-bond acceptors (Lipinski definition) is 3. The molecule has 0 radical (unpaired) electrons. The molecule has 2 nitrogen and oxygen atoms in total. The second-order valence-corrected chi connectivity index (χ2v) is 6.69. The third kappa shape index (κ3) is 4.58. The Morgan fingerprint density at radius 1 is 1.24 bits per heavy atom. The number of aryl methyl sites for hydroxylation is 1. The number of ketones is 1. The molecule has 112 valence electrons. The van der Waals surface area contributed by atoms with Crippen molar-refractivity contribution in [2.24, 2.45) is 0 Å². The molecule has 0 saturated heterocycles. The number of Topliss-reactive ketones (excluding diaryl/α,β-unsaturated/α-hetero) is 1. The fourth-order valence-electron chi connectivity index (χ4n) is 2.02. The highest BCUT2D eigenvalue weighted by atomic mass is 35.5. The Bertz CT molecular complexity index is 589. The molecular formula is C17H19ClO2S. The molecule has 0 spiro atoms. The Labute approximate surface area is 134 Å². The van der Waals surface area contributed by atoms with Crippen LogP contribution < -0.4 is 4.74 Å². The minimum atomic E-state index is -0.513. The van der Waals surface area contributed by atoms with Gasteiger partial charge in [0, 0.05) is 0 Å². The van der Waals surface area contributed by atoms with Gasteiger partial charge in [-0.15, -0.1) is 11.3 Å². The summed E-state index contributed by atoms with van der Waals surface area (Å²) in [7, 11) is 0. The number of thiophene rings is 1. The molecule has 0 aliphatic rings. The smallest absolute Gasteiger partial charge is 0.212 e. The van der Waals surface area contributed by atoms with Crippen LogP contribution in [0.15, 0.2) is 36.4 Å². The molecule has 0 fully saturated rings. The fraction of sp³-hybridized carbons (Fsp3) is 0.353. The van der Waals surface area contributed by atoms with Gasteiger partial charge >= 0.3 is 0 Å². The average Bonchev–Trinajstić information content (AvgIpc) is 2.92. The standard InChI is InChI=1S/C17H19ClO2S/c1-3-4-5-13-6-8-14(9-7-13)20-12(2)17(19)15-10-11-16(18)21-15/h6-12H,3-5H2,1-2H3. The van der Waals surface area contributed by atoms with Crippen molar-refractivity contribution in [3.05, 3.63) is 51.2 Å². The van der Waals surface area contributed by atoms with E-state index in [4.69, 9.17) is 16.3 Å². The number of ether oxygens (including phenoxy) is 1. The zero-order valence-electron chi connectivity index (χ0n) is 12.3. The SMILES string of the molecule is CCCCc1ccc(OC(C)C(=O)c2ccc(Cl)s2)cc1. The number of benzene rings is 1. The number of halogens is 1. The highest BCUT2D eigenvalue weighted by molar-refractivity contribution is 7.18. The lowest BCUT2D eigenvalue weighted by Crippen LogP contribution is -2.23. The molecule has 0 aliphatic carbocycles. The molecular weight excluding hydrogens is 304 g/mol. The molecule has 21 heavy (non-hydrogen) atoms. The first-order chi connectivity index (χ1) is 10.1. The summed E-state index contributed by atoms with van der Waals surface area (Å²) in [6.07, 6.45) is 2.95. The summed E-state index contributed by atoms with van der Waals surface area (Å²) in [5.41, 5.74) is 1.30. The van der Waals surface area contributed by atoms with Crippen molar-refractivity contribution in [3.8, 4) is 5.75 Å². The normalized spacial score (nSPS) is 12.1. The molecule has 1 aromatic carbocycles. The maximum absolute atomic E-state index is 12.2. The number of rotatable bonds is 7. The molecule has 0 bridgehead atoms. The Hall–Kier alpha value is -1.32. The van der Waals surface area contributed by atoms with E-state index < -0.39 is 6.10 Å². The van der Waals surface area contributed by atoms with Gasteiger partial charge in [0.25, 0.3) is 0 Å². The second kappa shape index (κ2) is 7.62. The Kier molecular flexibility index (Phi) is 5.83. The van der Waals surface area contributed by atoms with Crippen LogP contribution in [0.2, 0.25) is 4.34 Å². The highest BCUT2D eigenvalue weighted by Gasteiger charge is 2.18. The summed E-state index contributed by atoms with van der Waals surface area (Å²) >= 11 is 7.14. The van der Waals surface area contributed by atoms with Crippen molar-refractivity contribution in [1.82, 2.24) is 0 Å². The topological polar surface area (TPSA) is 26.3 Å². The Morgan fingerprint density at radius 3 is 2.52 bits per heavy atom. The molecule has 2 aromatic rings. The van der Waals surface area contributed by atoms with E-state index in [-0.39, 0.29) is 5.78 Å². The van der Waals surface area contributed by atoms with Gasteiger partial charge in [-0.2, -0.15) is 0 Å². The van der Waals surface area contributed by atoms with Gasteiger partial charge in [0.2, 0.25) is 5.78 Å². The molecule has 1 heterocycles. The monoisotopic (exact) mass is 322 g/mol. The molecule has 0 amide bonds. The van der Waals surface area contributed by atoms with Gasteiger partial charge in [-0.05, 0) is 49.6 Å². The van der Waals surface area contributed by atoms with E-state index in [1.807, 2.05) is 12.1 Å². The fourth-order valence-corrected chi connectivity index (χ4v) is 3.08. The van der Waals surface area contributed by atoms with Crippen molar-refractivity contribution >= 4 is 28.7 Å². The molecule has 1 atom stereocenters. The van der Waals surface area contributed by atoms with Crippen LogP contribution in [0.1, 0.15) is 41.9 Å². The van der Waals surface area contributed by atoms with E-state index >= 15 is 0 Å². The van der Waals surface area contributed by atoms with E-state index in [1.54, 1.807) is 19.1 Å². The van der Waals surface area contributed by atoms with E-state index in [0.29, 0.717) is 9.21 Å². The van der Waals surface area contributed by atoms with Gasteiger partial charge in [-0.3, -0.25) is 4.79 Å². The quantitative estimate of drug-likeness (QED) is 0.638. The largest absolute Gasteiger partial charge is 0.483 e. The number of carbonyl (C=O) groups is 1. The van der Waals surface area contributed by atoms with E-state index in [1.165, 1.54) is 29.7 Å². The number of unbranched alkanes of at least 4 members (excludes halogenated alkanes) is 1. The Balaban J connectivity index is 1.95. The first-order valence-electron chi connectivity index (χ1n) is 7.15. The maximum Gasteiger partial charge on any atom is 0.212 e. The second-order valence-electron chi connectivity index (χ2n) is 4.98. The maximum atomic E-state index is 12.2. The first-order valence-corrected chi connectivity index (χ1v) is 8.34. The van der Waals surface area contributed by atoms with Crippen LogP contribution in [-0.4, -0.2) is 11.9 Å². The van der Waals surface area contributed by atoms with Gasteiger partial charge in [-0.1, -0.05) is 37.1 Å². The minimum Gasteiger partial charge on any atom is -0.483 e. The van der Waals surface area contributed by atoms with Crippen LogP contribution in [0.5, 0.6) is 5.75 Å². The third-order valence-corrected chi connectivity index (χ3v) is 4.49. The molecule has 2 rings (SSSR count). The van der Waals surface area contributed by atoms with Crippen molar-refractivity contribution < 1.29 is 9.53 Å². The summed E-state index contributed by atoms with van der Waals surface area (Å²) in [5.74, 6) is 0.681. The number of carbonyl (C=O) groups excluding carboxylic acids is 1. The lowest BCUT2D eigenvalue weighted by molar-refractivity contribution is 0.0822. The van der Waals surface area contributed by atoms with Gasteiger partial charge in [0.15, 0.2) is 6.10 Å². The predicted molar refractivity (Wildman–Crippen MR) is 88.8 cm³/mol. The van der Waals surface area contributed by atoms with E-state index in [9.17, 15) is 4.79 Å². The van der Waals surface area contributed by atoms with E-state index in [0.717, 1.165) is 12.2 Å². The summed E-state index contributed by atoms with van der Waals surface area (Å²) in [4.78, 5) is 12.8. The molecule has 0 aliphatic heterocycles. The van der Waals surface area contributed by atoms with E-state index in [2.05, 4.69) is 19.1 Å². The van der Waals surface area contributed by atoms with Crippen LogP contribution in [0.25, 0.3) is 0 Å². The molecule has 1 aromatic heterocycles. The summed E-state index contributed by atoms with van der Waals surface area (Å²) in [5, 5.41) is 0. The predicted octanol–water partition coefficient (Wildman–Crippen LogP) is 5.39. The summed E-state index contributed by atoms with van der Waals surface area (Å²) in [6, 6.07) is 11.4. The lowest BCUT2D eigenvalue weighted by atomic mass is 10.1. The summed E-state index contributed by atoms with van der Waals surface area (Å²) in [6.45, 7) is 3.95. The average molecular weight is 323 g/mol. The lowest BCUT2D eigenvalue weighted by Gasteiger charge is -2.13. The first kappa shape index (κ1) is 16.1. The van der Waals surface area contributed by atoms with Crippen LogP contribution in [0, 0.1) is 0 Å². The Morgan fingerprint density at radius 2 is 1.95 bits per heavy atom. The van der Waals surface area contributed by atoms with Gasteiger partial charge < -0.3 is 4.74 Å². The van der Waals surface area contributed by atoms with Crippen molar-refractivity contribution in [2.45, 2.75) is 39.2 Å². The van der Waals surface area contributed by atoms with Crippen LogP contribution in [0.3, 0.4) is 0 Å². The molecule has 0 N–H and O–H groups in total. The van der Waals surface area contributed by atoms with Crippen molar-refractivity contribution in [3.63, 3.8) is 0 Å². The third-order valence-electron chi connectivity index (χ3n) is 3.24. The van der Waals surface area contributed by atoms with Crippen molar-refractivity contribution in [1.29, 1.82) is 0 Å². The minimum absolute atomic E-state index is 0.0399. The summed E-state index contributed by atoms with van der Waals surface area (Å²) < 4.78 is 6.33. The zero-order valence-corrected chi connectivity index (χ0v) is 13.8.